The largest absolute Gasteiger partial charge is 0.243 e. The van der Waals surface area contributed by atoms with E-state index in [-0.39, 0.29) is 0 Å². The summed E-state index contributed by atoms with van der Waals surface area (Å²) >= 11 is 1.68. The van der Waals surface area contributed by atoms with Crippen LogP contribution >= 0.6 is 11.3 Å². The minimum Gasteiger partial charge on any atom is -0.243 e. The molecule has 0 spiro atoms. The van der Waals surface area contributed by atoms with E-state index in [4.69, 9.17) is 24.9 Å². The molecule has 0 aliphatic rings. The van der Waals surface area contributed by atoms with Gasteiger partial charge in [-0.25, -0.2) is 24.9 Å². The first-order valence-electron chi connectivity index (χ1n) is 15.4. The van der Waals surface area contributed by atoms with E-state index in [0.717, 1.165) is 60.1 Å². The molecule has 220 valence electrons. The average molecular weight is 620 g/mol. The number of aromatic nitrogens is 5. The quantitative estimate of drug-likeness (QED) is 0.192. The van der Waals surface area contributed by atoms with E-state index in [1.165, 1.54) is 10.3 Å². The molecule has 0 saturated carbocycles. The summed E-state index contributed by atoms with van der Waals surface area (Å²) in [7, 11) is 0. The summed E-state index contributed by atoms with van der Waals surface area (Å²) in [5.74, 6) is 1.89. The van der Waals surface area contributed by atoms with Gasteiger partial charge in [-0.15, -0.1) is 11.3 Å². The Morgan fingerprint density at radius 2 is 0.851 bits per heavy atom. The van der Waals surface area contributed by atoms with Crippen LogP contribution in [-0.2, 0) is 0 Å². The molecular weight excluding hydrogens is 595 g/mol. The number of hydrogen-bond donors (Lipinski definition) is 0. The Kier molecular flexibility index (Phi) is 6.58. The Balaban J connectivity index is 1.11. The van der Waals surface area contributed by atoms with Crippen LogP contribution in [0.5, 0.6) is 0 Å². The van der Waals surface area contributed by atoms with Gasteiger partial charge in [0.25, 0.3) is 0 Å². The Hall–Kier alpha value is -6.11. The fourth-order valence-corrected chi connectivity index (χ4v) is 7.01. The summed E-state index contributed by atoms with van der Waals surface area (Å²) in [4.78, 5) is 25.9. The lowest BCUT2D eigenvalue weighted by Gasteiger charge is -2.10. The van der Waals surface area contributed by atoms with Crippen LogP contribution < -0.4 is 0 Å². The number of hydrogen-bond acceptors (Lipinski definition) is 6. The van der Waals surface area contributed by atoms with Gasteiger partial charge in [0.1, 0.15) is 10.3 Å². The molecule has 3 aromatic heterocycles. The second-order valence-electron chi connectivity index (χ2n) is 11.3. The lowest BCUT2D eigenvalue weighted by molar-refractivity contribution is 1.07. The summed E-state index contributed by atoms with van der Waals surface area (Å²) in [6, 6.07) is 51.7. The second-order valence-corrected chi connectivity index (χ2v) is 12.4. The number of benzene rings is 6. The summed E-state index contributed by atoms with van der Waals surface area (Å²) in [5, 5.41) is 1.15. The van der Waals surface area contributed by atoms with Crippen molar-refractivity contribution >= 4 is 42.8 Å². The SMILES string of the molecule is c1ccc(-c2ccc(-c3nc(-c4ccccc4)nc(-c4ccc(-c5cccc6nc7c(nc56)sc5ccccc57)cc4)n3)cc2)cc1. The maximum atomic E-state index is 5.11. The van der Waals surface area contributed by atoms with Gasteiger partial charge in [-0.2, -0.15) is 0 Å². The standard InChI is InChI=1S/C41H25N5S/c1-3-10-26(11-4-1)27-18-22-30(23-19-27)39-44-38(29-12-5-2-6-13-29)45-40(46-39)31-24-20-28(21-25-31)32-15-9-16-34-36(32)43-41-37(42-34)33-14-7-8-17-35(33)47-41/h1-25H. The first-order valence-corrected chi connectivity index (χ1v) is 16.2. The zero-order chi connectivity index (χ0) is 31.2. The van der Waals surface area contributed by atoms with E-state index >= 15 is 0 Å². The maximum Gasteiger partial charge on any atom is 0.164 e. The van der Waals surface area contributed by atoms with Crippen molar-refractivity contribution in [1.82, 2.24) is 24.9 Å². The van der Waals surface area contributed by atoms with Crippen molar-refractivity contribution in [3.8, 4) is 56.4 Å². The van der Waals surface area contributed by atoms with Crippen LogP contribution in [0.25, 0.3) is 87.9 Å². The topological polar surface area (TPSA) is 64.5 Å². The molecule has 9 rings (SSSR count). The van der Waals surface area contributed by atoms with Crippen molar-refractivity contribution < 1.29 is 0 Å². The molecule has 0 fully saturated rings. The van der Waals surface area contributed by atoms with Crippen LogP contribution in [0.15, 0.2) is 152 Å². The van der Waals surface area contributed by atoms with Gasteiger partial charge in [0.05, 0.1) is 11.0 Å². The summed E-state index contributed by atoms with van der Waals surface area (Å²) in [6.07, 6.45) is 0. The Morgan fingerprint density at radius 3 is 1.51 bits per heavy atom. The molecule has 6 aromatic carbocycles. The van der Waals surface area contributed by atoms with Crippen molar-refractivity contribution in [2.24, 2.45) is 0 Å². The summed E-state index contributed by atoms with van der Waals surface area (Å²) in [6.45, 7) is 0. The van der Waals surface area contributed by atoms with Gasteiger partial charge in [0, 0.05) is 32.3 Å². The zero-order valence-corrected chi connectivity index (χ0v) is 25.9. The average Bonchev–Trinajstić information content (AvgIpc) is 3.52. The number of fused-ring (bicyclic) bond motifs is 4. The molecule has 0 amide bonds. The van der Waals surface area contributed by atoms with Gasteiger partial charge in [-0.1, -0.05) is 140 Å². The molecular formula is C41H25N5S. The smallest absolute Gasteiger partial charge is 0.164 e. The third-order valence-electron chi connectivity index (χ3n) is 8.38. The van der Waals surface area contributed by atoms with Crippen LogP contribution in [-0.4, -0.2) is 24.9 Å². The van der Waals surface area contributed by atoms with Crippen LogP contribution in [0, 0.1) is 0 Å². The molecule has 6 heteroatoms. The predicted octanol–water partition coefficient (Wildman–Crippen LogP) is 10.5. The predicted molar refractivity (Wildman–Crippen MR) is 193 cm³/mol. The maximum absolute atomic E-state index is 5.11. The minimum atomic E-state index is 0.622. The fraction of sp³-hybridized carbons (Fsp3) is 0. The Morgan fingerprint density at radius 1 is 0.340 bits per heavy atom. The third kappa shape index (κ3) is 5.01. The molecule has 5 nitrogen and oxygen atoms in total. The minimum absolute atomic E-state index is 0.622. The van der Waals surface area contributed by atoms with E-state index in [1.54, 1.807) is 11.3 Å². The molecule has 0 atom stereocenters. The number of para-hydroxylation sites is 1. The normalized spacial score (nSPS) is 11.4. The molecule has 0 radical (unpaired) electrons. The van der Waals surface area contributed by atoms with Crippen LogP contribution in [0.1, 0.15) is 0 Å². The van der Waals surface area contributed by atoms with Crippen molar-refractivity contribution in [1.29, 1.82) is 0 Å². The van der Waals surface area contributed by atoms with Gasteiger partial charge in [0.15, 0.2) is 17.5 Å². The lowest BCUT2D eigenvalue weighted by atomic mass is 10.0. The monoisotopic (exact) mass is 619 g/mol. The van der Waals surface area contributed by atoms with E-state index in [1.807, 2.05) is 48.5 Å². The fourth-order valence-electron chi connectivity index (χ4n) is 5.99. The van der Waals surface area contributed by atoms with Crippen molar-refractivity contribution in [2.45, 2.75) is 0 Å². The van der Waals surface area contributed by atoms with Crippen molar-refractivity contribution in [3.63, 3.8) is 0 Å². The van der Waals surface area contributed by atoms with Crippen molar-refractivity contribution in [2.75, 3.05) is 0 Å². The highest BCUT2D eigenvalue weighted by Crippen LogP contribution is 2.35. The van der Waals surface area contributed by atoms with Gasteiger partial charge >= 0.3 is 0 Å². The molecule has 0 bridgehead atoms. The Bertz CT molecular complexity index is 2540. The molecule has 3 heterocycles. The third-order valence-corrected chi connectivity index (χ3v) is 9.44. The number of nitrogens with zero attached hydrogens (tertiary/aromatic N) is 5. The first kappa shape index (κ1) is 27.2. The summed E-state index contributed by atoms with van der Waals surface area (Å²) in [5.41, 5.74) is 9.95. The molecule has 9 aromatic rings. The van der Waals surface area contributed by atoms with Gasteiger partial charge in [-0.3, -0.25) is 0 Å². The second kappa shape index (κ2) is 11.4. The highest BCUT2D eigenvalue weighted by Gasteiger charge is 2.15. The number of thiophene rings is 1. The highest BCUT2D eigenvalue weighted by atomic mass is 32.1. The van der Waals surface area contributed by atoms with Crippen LogP contribution in [0.2, 0.25) is 0 Å². The number of rotatable bonds is 5. The molecule has 0 saturated heterocycles. The Labute approximate surface area is 275 Å². The molecule has 47 heavy (non-hydrogen) atoms. The molecule has 0 aliphatic heterocycles. The summed E-state index contributed by atoms with van der Waals surface area (Å²) < 4.78 is 1.20. The van der Waals surface area contributed by atoms with E-state index in [9.17, 15) is 0 Å². The first-order chi connectivity index (χ1) is 23.3. The van der Waals surface area contributed by atoms with Crippen LogP contribution in [0.3, 0.4) is 0 Å². The van der Waals surface area contributed by atoms with Crippen molar-refractivity contribution in [3.05, 3.63) is 152 Å². The van der Waals surface area contributed by atoms with Crippen LogP contribution in [0.4, 0.5) is 0 Å². The van der Waals surface area contributed by atoms with E-state index in [2.05, 4.69) is 103 Å². The molecule has 0 unspecified atom stereocenters. The lowest BCUT2D eigenvalue weighted by Crippen LogP contribution is -2.00. The van der Waals surface area contributed by atoms with Gasteiger partial charge in [-0.05, 0) is 28.8 Å². The van der Waals surface area contributed by atoms with Gasteiger partial charge < -0.3 is 0 Å². The van der Waals surface area contributed by atoms with E-state index < -0.39 is 0 Å². The highest BCUT2D eigenvalue weighted by molar-refractivity contribution is 7.25. The van der Waals surface area contributed by atoms with E-state index in [0.29, 0.717) is 17.5 Å². The molecule has 0 N–H and O–H groups in total. The molecule has 0 aliphatic carbocycles. The van der Waals surface area contributed by atoms with Gasteiger partial charge in [0.2, 0.25) is 0 Å². The zero-order valence-electron chi connectivity index (χ0n) is 25.1.